The van der Waals surface area contributed by atoms with Gasteiger partial charge in [-0.2, -0.15) is 4.31 Å². The van der Waals surface area contributed by atoms with Gasteiger partial charge in [-0.15, -0.1) is 0 Å². The standard InChI is InChI=1S/C21H28N2O5S/c1-4-23(16(2)17-9-8-10-18(15-17)27-3)21(24)19-11-12-20(28-19)29(25,26)22-13-6-5-7-14-22/h8-12,15-16H,4-7,13-14H2,1-3H3. The molecule has 1 aliphatic rings. The SMILES string of the molecule is CCN(C(=O)c1ccc(S(=O)(=O)N2CCCCC2)o1)C(C)c1cccc(OC)c1. The van der Waals surface area contributed by atoms with Gasteiger partial charge in [0.1, 0.15) is 5.75 Å². The Hall–Kier alpha value is -2.32. The molecule has 1 amide bonds. The van der Waals surface area contributed by atoms with E-state index in [0.29, 0.717) is 25.4 Å². The second kappa shape index (κ2) is 9.00. The normalized spacial score (nSPS) is 16.4. The predicted molar refractivity (Wildman–Crippen MR) is 109 cm³/mol. The third-order valence-electron chi connectivity index (χ3n) is 5.35. The lowest BCUT2D eigenvalue weighted by Gasteiger charge is -2.28. The first-order valence-electron chi connectivity index (χ1n) is 9.93. The zero-order valence-corrected chi connectivity index (χ0v) is 17.9. The number of hydrogen-bond donors (Lipinski definition) is 0. The molecule has 1 unspecified atom stereocenters. The van der Waals surface area contributed by atoms with E-state index >= 15 is 0 Å². The summed E-state index contributed by atoms with van der Waals surface area (Å²) in [6.07, 6.45) is 2.71. The maximum atomic E-state index is 13.1. The van der Waals surface area contributed by atoms with Gasteiger partial charge >= 0.3 is 0 Å². The van der Waals surface area contributed by atoms with E-state index in [9.17, 15) is 13.2 Å². The fourth-order valence-corrected chi connectivity index (χ4v) is 5.05. The first-order valence-corrected chi connectivity index (χ1v) is 11.4. The summed E-state index contributed by atoms with van der Waals surface area (Å²) in [4.78, 5) is 14.7. The Morgan fingerprint density at radius 3 is 2.59 bits per heavy atom. The van der Waals surface area contributed by atoms with Crippen molar-refractivity contribution in [1.29, 1.82) is 0 Å². The number of sulfonamides is 1. The maximum Gasteiger partial charge on any atom is 0.290 e. The fourth-order valence-electron chi connectivity index (χ4n) is 3.62. The van der Waals surface area contributed by atoms with E-state index in [2.05, 4.69) is 0 Å². The minimum Gasteiger partial charge on any atom is -0.497 e. The van der Waals surface area contributed by atoms with Crippen molar-refractivity contribution in [2.24, 2.45) is 0 Å². The first kappa shape index (κ1) is 21.4. The number of rotatable bonds is 7. The van der Waals surface area contributed by atoms with E-state index in [1.807, 2.05) is 38.1 Å². The number of hydrogen-bond acceptors (Lipinski definition) is 5. The van der Waals surface area contributed by atoms with Crippen LogP contribution in [-0.2, 0) is 10.0 Å². The average Bonchev–Trinajstić information content (AvgIpc) is 3.26. The molecule has 0 radical (unpaired) electrons. The van der Waals surface area contributed by atoms with Crippen LogP contribution in [0.25, 0.3) is 0 Å². The van der Waals surface area contributed by atoms with E-state index < -0.39 is 10.0 Å². The Bertz CT molecular complexity index is 947. The smallest absolute Gasteiger partial charge is 0.290 e. The summed E-state index contributed by atoms with van der Waals surface area (Å²) in [5, 5.41) is -0.173. The highest BCUT2D eigenvalue weighted by Gasteiger charge is 2.31. The second-order valence-corrected chi connectivity index (χ2v) is 9.00. The van der Waals surface area contributed by atoms with Crippen LogP contribution in [-0.4, -0.2) is 50.3 Å². The lowest BCUT2D eigenvalue weighted by atomic mass is 10.1. The van der Waals surface area contributed by atoms with E-state index in [-0.39, 0.29) is 22.8 Å². The molecule has 29 heavy (non-hydrogen) atoms. The number of carbonyl (C=O) groups excluding carboxylic acids is 1. The van der Waals surface area contributed by atoms with E-state index in [4.69, 9.17) is 9.15 Å². The van der Waals surface area contributed by atoms with Crippen molar-refractivity contribution in [2.75, 3.05) is 26.7 Å². The predicted octanol–water partition coefficient (Wildman–Crippen LogP) is 3.69. The molecular formula is C21H28N2O5S. The summed E-state index contributed by atoms with van der Waals surface area (Å²) < 4.78 is 37.8. The van der Waals surface area contributed by atoms with Crippen LogP contribution in [0, 0.1) is 0 Å². The van der Waals surface area contributed by atoms with Gasteiger partial charge in [0.15, 0.2) is 5.76 Å². The van der Waals surface area contributed by atoms with Crippen molar-refractivity contribution in [3.05, 3.63) is 47.7 Å². The fraction of sp³-hybridized carbons (Fsp3) is 0.476. The summed E-state index contributed by atoms with van der Waals surface area (Å²) in [5.74, 6) is 0.394. The summed E-state index contributed by atoms with van der Waals surface area (Å²) in [5.41, 5.74) is 0.923. The van der Waals surface area contributed by atoms with Crippen LogP contribution in [0.2, 0.25) is 0 Å². The number of benzene rings is 1. The molecule has 2 aromatic rings. The molecule has 1 atom stereocenters. The van der Waals surface area contributed by atoms with E-state index in [0.717, 1.165) is 24.8 Å². The molecular weight excluding hydrogens is 392 g/mol. The molecule has 1 aromatic heterocycles. The van der Waals surface area contributed by atoms with Gasteiger partial charge in [0.05, 0.1) is 13.2 Å². The summed E-state index contributed by atoms with van der Waals surface area (Å²) in [6.45, 7) is 5.22. The van der Waals surface area contributed by atoms with Crippen molar-refractivity contribution in [1.82, 2.24) is 9.21 Å². The Morgan fingerprint density at radius 2 is 1.93 bits per heavy atom. The highest BCUT2D eigenvalue weighted by molar-refractivity contribution is 7.89. The monoisotopic (exact) mass is 420 g/mol. The maximum absolute atomic E-state index is 13.1. The molecule has 3 rings (SSSR count). The number of furan rings is 1. The number of methoxy groups -OCH3 is 1. The van der Waals surface area contributed by atoms with Crippen LogP contribution < -0.4 is 4.74 Å². The second-order valence-electron chi connectivity index (χ2n) is 7.13. The Morgan fingerprint density at radius 1 is 1.21 bits per heavy atom. The number of piperidine rings is 1. The Labute approximate surface area is 172 Å². The topological polar surface area (TPSA) is 80.1 Å². The largest absolute Gasteiger partial charge is 0.497 e. The van der Waals surface area contributed by atoms with Crippen molar-refractivity contribution < 1.29 is 22.4 Å². The minimum absolute atomic E-state index is 0.0252. The van der Waals surface area contributed by atoms with Gasteiger partial charge < -0.3 is 14.1 Å². The third kappa shape index (κ3) is 4.48. The van der Waals surface area contributed by atoms with Crippen LogP contribution in [0.3, 0.4) is 0 Å². The molecule has 8 heteroatoms. The molecule has 0 bridgehead atoms. The molecule has 0 saturated carbocycles. The first-order chi connectivity index (χ1) is 13.9. The van der Waals surface area contributed by atoms with E-state index in [1.54, 1.807) is 12.0 Å². The number of amides is 1. The van der Waals surface area contributed by atoms with Crippen molar-refractivity contribution in [3.63, 3.8) is 0 Å². The Balaban J connectivity index is 1.81. The zero-order valence-electron chi connectivity index (χ0n) is 17.1. The minimum atomic E-state index is -3.71. The van der Waals surface area contributed by atoms with Crippen LogP contribution in [0.5, 0.6) is 5.75 Å². The van der Waals surface area contributed by atoms with Gasteiger partial charge in [-0.25, -0.2) is 8.42 Å². The molecule has 1 aliphatic heterocycles. The van der Waals surface area contributed by atoms with Crippen LogP contribution in [0.15, 0.2) is 45.9 Å². The molecule has 1 saturated heterocycles. The summed E-state index contributed by atoms with van der Waals surface area (Å²) in [6, 6.07) is 10.1. The summed E-state index contributed by atoms with van der Waals surface area (Å²) in [7, 11) is -2.11. The van der Waals surface area contributed by atoms with E-state index in [1.165, 1.54) is 16.4 Å². The van der Waals surface area contributed by atoms with Gasteiger partial charge in [0.2, 0.25) is 5.09 Å². The van der Waals surface area contributed by atoms with Gasteiger partial charge in [0.25, 0.3) is 15.9 Å². The molecule has 158 valence electrons. The van der Waals surface area contributed by atoms with Crippen molar-refractivity contribution >= 4 is 15.9 Å². The number of ether oxygens (including phenoxy) is 1. The quantitative estimate of drug-likeness (QED) is 0.683. The van der Waals surface area contributed by atoms with Crippen molar-refractivity contribution in [3.8, 4) is 5.75 Å². The average molecular weight is 421 g/mol. The molecule has 1 aromatic carbocycles. The molecule has 7 nitrogen and oxygen atoms in total. The van der Waals surface area contributed by atoms with Crippen LogP contribution in [0.1, 0.15) is 55.3 Å². The molecule has 0 N–H and O–H groups in total. The molecule has 0 aliphatic carbocycles. The molecule has 1 fully saturated rings. The Kier molecular flexibility index (Phi) is 6.64. The highest BCUT2D eigenvalue weighted by Crippen LogP contribution is 2.27. The van der Waals surface area contributed by atoms with Gasteiger partial charge in [-0.3, -0.25) is 4.79 Å². The van der Waals surface area contributed by atoms with Crippen LogP contribution in [0.4, 0.5) is 0 Å². The lowest BCUT2D eigenvalue weighted by molar-refractivity contribution is 0.0663. The highest BCUT2D eigenvalue weighted by atomic mass is 32.2. The number of nitrogens with zero attached hydrogens (tertiary/aromatic N) is 2. The van der Waals surface area contributed by atoms with Crippen molar-refractivity contribution in [2.45, 2.75) is 44.2 Å². The van der Waals surface area contributed by atoms with Gasteiger partial charge in [-0.1, -0.05) is 18.6 Å². The van der Waals surface area contributed by atoms with Gasteiger partial charge in [0, 0.05) is 19.6 Å². The van der Waals surface area contributed by atoms with Gasteiger partial charge in [-0.05, 0) is 56.5 Å². The lowest BCUT2D eigenvalue weighted by Crippen LogP contribution is -2.35. The molecule has 0 spiro atoms. The summed E-state index contributed by atoms with van der Waals surface area (Å²) >= 11 is 0. The molecule has 2 heterocycles. The third-order valence-corrected chi connectivity index (χ3v) is 7.12. The number of carbonyl (C=O) groups is 1. The zero-order chi connectivity index (χ0) is 21.0. The van der Waals surface area contributed by atoms with Crippen LogP contribution >= 0.6 is 0 Å².